The van der Waals surface area contributed by atoms with Crippen LogP contribution in [0.3, 0.4) is 0 Å². The standard InChI is InChI=1S/C9H16N2O2S2/c1-15(12,13)11-6-3-5-10-8-9-4-2-7-14-9/h2,4,7,10-11H,3,5-6,8H2,1H3. The average molecular weight is 248 g/mol. The monoisotopic (exact) mass is 248 g/mol. The van der Waals surface area contributed by atoms with Crippen molar-refractivity contribution in [3.8, 4) is 0 Å². The molecular weight excluding hydrogens is 232 g/mol. The van der Waals surface area contributed by atoms with Gasteiger partial charge in [-0.25, -0.2) is 13.1 Å². The van der Waals surface area contributed by atoms with Crippen LogP contribution in [0.4, 0.5) is 0 Å². The van der Waals surface area contributed by atoms with Crippen molar-refractivity contribution in [1.29, 1.82) is 0 Å². The molecule has 1 aromatic heterocycles. The zero-order chi connectivity index (χ0) is 11.1. The first-order valence-corrected chi connectivity index (χ1v) is 7.53. The van der Waals surface area contributed by atoms with Crippen LogP contribution in [0.1, 0.15) is 11.3 Å². The Kier molecular flexibility index (Phi) is 5.24. The third-order valence-corrected chi connectivity index (χ3v) is 3.38. The summed E-state index contributed by atoms with van der Waals surface area (Å²) in [5, 5.41) is 5.29. The molecule has 0 spiro atoms. The van der Waals surface area contributed by atoms with Crippen LogP contribution < -0.4 is 10.0 Å². The molecule has 86 valence electrons. The zero-order valence-corrected chi connectivity index (χ0v) is 10.3. The van der Waals surface area contributed by atoms with Gasteiger partial charge in [0.15, 0.2) is 0 Å². The minimum atomic E-state index is -3.03. The predicted molar refractivity (Wildman–Crippen MR) is 63.5 cm³/mol. The summed E-state index contributed by atoms with van der Waals surface area (Å²) < 4.78 is 23.9. The fraction of sp³-hybridized carbons (Fsp3) is 0.556. The molecule has 2 N–H and O–H groups in total. The summed E-state index contributed by atoms with van der Waals surface area (Å²) in [7, 11) is -3.03. The zero-order valence-electron chi connectivity index (χ0n) is 8.69. The summed E-state index contributed by atoms with van der Waals surface area (Å²) in [5.41, 5.74) is 0. The molecule has 1 heterocycles. The second-order valence-corrected chi connectivity index (χ2v) is 6.14. The van der Waals surface area contributed by atoms with Gasteiger partial charge in [-0.05, 0) is 24.4 Å². The van der Waals surface area contributed by atoms with Crippen molar-refractivity contribution in [1.82, 2.24) is 10.0 Å². The van der Waals surface area contributed by atoms with Gasteiger partial charge in [0.25, 0.3) is 0 Å². The SMILES string of the molecule is CS(=O)(=O)NCCCNCc1cccs1. The van der Waals surface area contributed by atoms with E-state index in [1.165, 1.54) is 11.1 Å². The summed E-state index contributed by atoms with van der Waals surface area (Å²) in [6, 6.07) is 4.10. The Hall–Kier alpha value is -0.430. The van der Waals surface area contributed by atoms with E-state index in [2.05, 4.69) is 16.1 Å². The van der Waals surface area contributed by atoms with Gasteiger partial charge in [-0.3, -0.25) is 0 Å². The molecule has 0 aliphatic rings. The molecule has 0 aromatic carbocycles. The maximum atomic E-state index is 10.7. The smallest absolute Gasteiger partial charge is 0.208 e. The topological polar surface area (TPSA) is 58.2 Å². The Balaban J connectivity index is 1.99. The molecule has 0 fully saturated rings. The van der Waals surface area contributed by atoms with Crippen molar-refractivity contribution in [2.45, 2.75) is 13.0 Å². The van der Waals surface area contributed by atoms with Gasteiger partial charge in [-0.15, -0.1) is 11.3 Å². The highest BCUT2D eigenvalue weighted by atomic mass is 32.2. The fourth-order valence-corrected chi connectivity index (χ4v) is 2.29. The van der Waals surface area contributed by atoms with E-state index in [-0.39, 0.29) is 0 Å². The highest BCUT2D eigenvalue weighted by molar-refractivity contribution is 7.88. The van der Waals surface area contributed by atoms with Crippen molar-refractivity contribution in [3.05, 3.63) is 22.4 Å². The molecule has 0 bridgehead atoms. The molecular formula is C9H16N2O2S2. The van der Waals surface area contributed by atoms with Crippen LogP contribution >= 0.6 is 11.3 Å². The van der Waals surface area contributed by atoms with E-state index in [0.717, 1.165) is 19.5 Å². The van der Waals surface area contributed by atoms with Crippen LogP contribution in [-0.2, 0) is 16.6 Å². The highest BCUT2D eigenvalue weighted by Crippen LogP contribution is 2.06. The van der Waals surface area contributed by atoms with Crippen LogP contribution in [0.15, 0.2) is 17.5 Å². The lowest BCUT2D eigenvalue weighted by molar-refractivity contribution is 0.579. The lowest BCUT2D eigenvalue weighted by Gasteiger charge is -2.03. The van der Waals surface area contributed by atoms with E-state index >= 15 is 0 Å². The van der Waals surface area contributed by atoms with Crippen molar-refractivity contribution >= 4 is 21.4 Å². The Morgan fingerprint density at radius 3 is 2.80 bits per heavy atom. The summed E-state index contributed by atoms with van der Waals surface area (Å²) in [6.45, 7) is 2.17. The first kappa shape index (κ1) is 12.6. The number of thiophene rings is 1. The summed E-state index contributed by atoms with van der Waals surface area (Å²) in [6.07, 6.45) is 1.98. The second kappa shape index (κ2) is 6.22. The first-order valence-electron chi connectivity index (χ1n) is 4.76. The van der Waals surface area contributed by atoms with E-state index in [0.29, 0.717) is 6.54 Å². The predicted octanol–water partition coefficient (Wildman–Crippen LogP) is 0.777. The van der Waals surface area contributed by atoms with E-state index in [1.54, 1.807) is 11.3 Å². The van der Waals surface area contributed by atoms with Gasteiger partial charge in [-0.2, -0.15) is 0 Å². The van der Waals surface area contributed by atoms with E-state index in [9.17, 15) is 8.42 Å². The lowest BCUT2D eigenvalue weighted by atomic mass is 10.4. The minimum absolute atomic E-state index is 0.496. The van der Waals surface area contributed by atoms with Gasteiger partial charge in [0.05, 0.1) is 6.26 Å². The van der Waals surface area contributed by atoms with Crippen molar-refractivity contribution in [2.24, 2.45) is 0 Å². The van der Waals surface area contributed by atoms with Gasteiger partial charge >= 0.3 is 0 Å². The lowest BCUT2D eigenvalue weighted by Crippen LogP contribution is -2.26. The van der Waals surface area contributed by atoms with Crippen molar-refractivity contribution < 1.29 is 8.42 Å². The first-order chi connectivity index (χ1) is 7.08. The van der Waals surface area contributed by atoms with Gasteiger partial charge in [0.2, 0.25) is 10.0 Å². The second-order valence-electron chi connectivity index (χ2n) is 3.28. The van der Waals surface area contributed by atoms with E-state index in [1.807, 2.05) is 11.4 Å². The van der Waals surface area contributed by atoms with Crippen LogP contribution in [-0.4, -0.2) is 27.8 Å². The largest absolute Gasteiger partial charge is 0.312 e. The fourth-order valence-electron chi connectivity index (χ4n) is 1.10. The van der Waals surface area contributed by atoms with Gasteiger partial charge < -0.3 is 5.32 Å². The highest BCUT2D eigenvalue weighted by Gasteiger charge is 1.98. The Labute approximate surface area is 94.8 Å². The number of sulfonamides is 1. The maximum Gasteiger partial charge on any atom is 0.208 e. The van der Waals surface area contributed by atoms with Crippen molar-refractivity contribution in [3.63, 3.8) is 0 Å². The van der Waals surface area contributed by atoms with E-state index < -0.39 is 10.0 Å². The third-order valence-electron chi connectivity index (χ3n) is 1.77. The van der Waals surface area contributed by atoms with Crippen molar-refractivity contribution in [2.75, 3.05) is 19.3 Å². The minimum Gasteiger partial charge on any atom is -0.312 e. The molecule has 0 unspecified atom stereocenters. The van der Waals surface area contributed by atoms with Crippen LogP contribution in [0, 0.1) is 0 Å². The molecule has 0 radical (unpaired) electrons. The molecule has 0 atom stereocenters. The molecule has 1 rings (SSSR count). The molecule has 4 nitrogen and oxygen atoms in total. The van der Waals surface area contributed by atoms with Gasteiger partial charge in [0.1, 0.15) is 0 Å². The number of hydrogen-bond donors (Lipinski definition) is 2. The summed E-state index contributed by atoms with van der Waals surface area (Å²) in [4.78, 5) is 1.30. The molecule has 6 heteroatoms. The molecule has 15 heavy (non-hydrogen) atoms. The van der Waals surface area contributed by atoms with Crippen LogP contribution in [0.5, 0.6) is 0 Å². The van der Waals surface area contributed by atoms with Gasteiger partial charge in [0, 0.05) is 18.0 Å². The maximum absolute atomic E-state index is 10.7. The molecule has 1 aromatic rings. The average Bonchev–Trinajstić information content (AvgIpc) is 2.61. The summed E-state index contributed by atoms with van der Waals surface area (Å²) >= 11 is 1.72. The number of nitrogens with one attached hydrogen (secondary N) is 2. The molecule has 0 aliphatic heterocycles. The molecule has 0 amide bonds. The Bertz CT molecular complexity index is 359. The number of hydrogen-bond acceptors (Lipinski definition) is 4. The van der Waals surface area contributed by atoms with Crippen LogP contribution in [0.2, 0.25) is 0 Å². The van der Waals surface area contributed by atoms with Gasteiger partial charge in [-0.1, -0.05) is 6.07 Å². The Morgan fingerprint density at radius 1 is 1.40 bits per heavy atom. The molecule has 0 saturated carbocycles. The third kappa shape index (κ3) is 6.62. The molecule has 0 aliphatic carbocycles. The quantitative estimate of drug-likeness (QED) is 0.701. The summed E-state index contributed by atoms with van der Waals surface area (Å²) in [5.74, 6) is 0. The normalized spacial score (nSPS) is 11.8. The van der Waals surface area contributed by atoms with Crippen LogP contribution in [0.25, 0.3) is 0 Å². The molecule has 0 saturated heterocycles. The van der Waals surface area contributed by atoms with E-state index in [4.69, 9.17) is 0 Å². The Morgan fingerprint density at radius 2 is 2.20 bits per heavy atom. The number of rotatable bonds is 7.